The van der Waals surface area contributed by atoms with Gasteiger partial charge in [0.1, 0.15) is 0 Å². The van der Waals surface area contributed by atoms with Crippen molar-refractivity contribution in [3.8, 4) is 0 Å². The number of aromatic nitrogens is 1. The van der Waals surface area contributed by atoms with E-state index in [9.17, 15) is 4.79 Å². The third kappa shape index (κ3) is 4.60. The van der Waals surface area contributed by atoms with Gasteiger partial charge in [0.2, 0.25) is 5.91 Å². The van der Waals surface area contributed by atoms with E-state index < -0.39 is 0 Å². The Morgan fingerprint density at radius 2 is 2.00 bits per heavy atom. The molecule has 1 aromatic carbocycles. The van der Waals surface area contributed by atoms with Gasteiger partial charge in [-0.2, -0.15) is 0 Å². The number of carbonyl (C=O) groups excluding carboxylic acids is 1. The summed E-state index contributed by atoms with van der Waals surface area (Å²) in [6.07, 6.45) is 7.97. The maximum Gasteiger partial charge on any atom is 0.224 e. The van der Waals surface area contributed by atoms with E-state index in [-0.39, 0.29) is 5.91 Å². The molecule has 22 heavy (non-hydrogen) atoms. The van der Waals surface area contributed by atoms with E-state index >= 15 is 0 Å². The molecule has 1 aromatic heterocycles. The van der Waals surface area contributed by atoms with E-state index in [2.05, 4.69) is 35.1 Å². The summed E-state index contributed by atoms with van der Waals surface area (Å²) in [7, 11) is 0. The van der Waals surface area contributed by atoms with Crippen LogP contribution in [-0.4, -0.2) is 17.0 Å². The number of hydrogen-bond donors (Lipinski definition) is 2. The number of hydrogen-bond acceptors (Lipinski definition) is 2. The maximum absolute atomic E-state index is 11.9. The van der Waals surface area contributed by atoms with Gasteiger partial charge in [-0.15, -0.1) is 0 Å². The van der Waals surface area contributed by atoms with Crippen LogP contribution in [0.4, 0.5) is 5.69 Å². The number of unbranched alkanes of at least 4 members (excludes halogenated alkanes) is 3. The minimum atomic E-state index is 0.0973. The highest BCUT2D eigenvalue weighted by atomic mass is 16.1. The van der Waals surface area contributed by atoms with Gasteiger partial charge in [0.25, 0.3) is 0 Å². The van der Waals surface area contributed by atoms with Crippen molar-refractivity contribution in [2.45, 2.75) is 52.0 Å². The molecule has 3 N–H and O–H groups in total. The molecule has 0 atom stereocenters. The number of aryl methyl sites for hydroxylation is 1. The van der Waals surface area contributed by atoms with Crippen LogP contribution in [0.1, 0.15) is 45.4 Å². The standard InChI is InChI=1S/C18H27N3O/c1-2-12-21-13-10-15-14-16(8-9-17(15)21)20-18(22)7-5-3-4-6-11-19/h8-10,13-14H,2-7,11-12,19H2,1H3,(H,20,22). The zero-order chi connectivity index (χ0) is 15.8. The maximum atomic E-state index is 11.9. The first-order chi connectivity index (χ1) is 10.7. The Bertz CT molecular complexity index is 603. The minimum absolute atomic E-state index is 0.0973. The zero-order valence-electron chi connectivity index (χ0n) is 13.5. The molecule has 0 aliphatic rings. The molecule has 4 heteroatoms. The molecular formula is C18H27N3O. The number of benzene rings is 1. The molecule has 1 amide bonds. The average molecular weight is 301 g/mol. The Kier molecular flexibility index (Phi) is 6.46. The van der Waals surface area contributed by atoms with Crippen LogP contribution >= 0.6 is 0 Å². The summed E-state index contributed by atoms with van der Waals surface area (Å²) in [4.78, 5) is 11.9. The molecule has 0 fully saturated rings. The fourth-order valence-electron chi connectivity index (χ4n) is 2.72. The number of nitrogens with two attached hydrogens (primary N) is 1. The highest BCUT2D eigenvalue weighted by Gasteiger charge is 2.05. The lowest BCUT2D eigenvalue weighted by molar-refractivity contribution is -0.116. The smallest absolute Gasteiger partial charge is 0.224 e. The normalized spacial score (nSPS) is 11.0. The minimum Gasteiger partial charge on any atom is -0.347 e. The Labute approximate surface area is 132 Å². The van der Waals surface area contributed by atoms with E-state index in [1.807, 2.05) is 12.1 Å². The molecule has 2 rings (SSSR count). The molecule has 0 saturated carbocycles. The summed E-state index contributed by atoms with van der Waals surface area (Å²) in [5.74, 6) is 0.0973. The molecule has 0 radical (unpaired) electrons. The van der Waals surface area contributed by atoms with E-state index in [1.165, 1.54) is 10.9 Å². The summed E-state index contributed by atoms with van der Waals surface area (Å²) in [5, 5.41) is 4.17. The third-order valence-corrected chi connectivity index (χ3v) is 3.88. The van der Waals surface area contributed by atoms with E-state index in [4.69, 9.17) is 5.73 Å². The summed E-state index contributed by atoms with van der Waals surface area (Å²) < 4.78 is 2.25. The van der Waals surface area contributed by atoms with Gasteiger partial charge in [-0.1, -0.05) is 19.8 Å². The molecule has 0 aliphatic heterocycles. The molecule has 0 saturated heterocycles. The summed E-state index contributed by atoms with van der Waals surface area (Å²) in [6, 6.07) is 8.23. The second kappa shape index (κ2) is 8.59. The SMILES string of the molecule is CCCn1ccc2cc(NC(=O)CCCCCCN)ccc21. The van der Waals surface area contributed by atoms with Crippen LogP contribution in [0.25, 0.3) is 10.9 Å². The van der Waals surface area contributed by atoms with Gasteiger partial charge in [0.05, 0.1) is 0 Å². The number of nitrogens with one attached hydrogen (secondary N) is 1. The molecular weight excluding hydrogens is 274 g/mol. The highest BCUT2D eigenvalue weighted by Crippen LogP contribution is 2.21. The van der Waals surface area contributed by atoms with Crippen molar-refractivity contribution in [3.05, 3.63) is 30.5 Å². The number of carbonyl (C=O) groups is 1. The summed E-state index contributed by atoms with van der Waals surface area (Å²) in [6.45, 7) is 3.94. The van der Waals surface area contributed by atoms with Crippen LogP contribution < -0.4 is 11.1 Å². The fourth-order valence-corrected chi connectivity index (χ4v) is 2.72. The Hall–Kier alpha value is -1.81. The number of anilines is 1. The van der Waals surface area contributed by atoms with Gasteiger partial charge < -0.3 is 15.6 Å². The van der Waals surface area contributed by atoms with Crippen molar-refractivity contribution in [3.63, 3.8) is 0 Å². The molecule has 1 heterocycles. The van der Waals surface area contributed by atoms with E-state index in [1.54, 1.807) is 0 Å². The summed E-state index contributed by atoms with van der Waals surface area (Å²) >= 11 is 0. The van der Waals surface area contributed by atoms with Crippen molar-refractivity contribution in [1.29, 1.82) is 0 Å². The first kappa shape index (κ1) is 16.6. The second-order valence-electron chi connectivity index (χ2n) is 5.78. The molecule has 120 valence electrons. The van der Waals surface area contributed by atoms with Crippen LogP contribution in [0.15, 0.2) is 30.5 Å². The molecule has 0 aliphatic carbocycles. The van der Waals surface area contributed by atoms with Crippen molar-refractivity contribution in [2.75, 3.05) is 11.9 Å². The van der Waals surface area contributed by atoms with Crippen LogP contribution in [0.5, 0.6) is 0 Å². The first-order valence-electron chi connectivity index (χ1n) is 8.33. The van der Waals surface area contributed by atoms with E-state index in [0.717, 1.165) is 50.9 Å². The lowest BCUT2D eigenvalue weighted by Crippen LogP contribution is -2.11. The number of amides is 1. The predicted molar refractivity (Wildman–Crippen MR) is 93.0 cm³/mol. The van der Waals surface area contributed by atoms with Gasteiger partial charge in [0.15, 0.2) is 0 Å². The lowest BCUT2D eigenvalue weighted by atomic mass is 10.1. The molecule has 2 aromatic rings. The van der Waals surface area contributed by atoms with Gasteiger partial charge in [-0.05, 0) is 50.1 Å². The van der Waals surface area contributed by atoms with Crippen molar-refractivity contribution >= 4 is 22.5 Å². The quantitative estimate of drug-likeness (QED) is 0.690. The van der Waals surface area contributed by atoms with Crippen molar-refractivity contribution in [1.82, 2.24) is 4.57 Å². The second-order valence-corrected chi connectivity index (χ2v) is 5.78. The van der Waals surface area contributed by atoms with Crippen LogP contribution in [0, 0.1) is 0 Å². The molecule has 4 nitrogen and oxygen atoms in total. The largest absolute Gasteiger partial charge is 0.347 e. The van der Waals surface area contributed by atoms with Crippen LogP contribution in [0.2, 0.25) is 0 Å². The van der Waals surface area contributed by atoms with Crippen LogP contribution in [0.3, 0.4) is 0 Å². The predicted octanol–water partition coefficient (Wildman–Crippen LogP) is 3.90. The zero-order valence-corrected chi connectivity index (χ0v) is 13.5. The van der Waals surface area contributed by atoms with Gasteiger partial charge in [-0.3, -0.25) is 4.79 Å². The number of rotatable bonds is 9. The van der Waals surface area contributed by atoms with Crippen molar-refractivity contribution in [2.24, 2.45) is 5.73 Å². The highest BCUT2D eigenvalue weighted by molar-refractivity contribution is 5.93. The number of fused-ring (bicyclic) bond motifs is 1. The molecule has 0 unspecified atom stereocenters. The Balaban J connectivity index is 1.87. The molecule has 0 bridgehead atoms. The number of nitrogens with zero attached hydrogens (tertiary/aromatic N) is 1. The topological polar surface area (TPSA) is 60.0 Å². The summed E-state index contributed by atoms with van der Waals surface area (Å²) in [5.41, 5.74) is 7.56. The third-order valence-electron chi connectivity index (χ3n) is 3.88. The average Bonchev–Trinajstić information content (AvgIpc) is 2.90. The Morgan fingerprint density at radius 3 is 2.77 bits per heavy atom. The monoisotopic (exact) mass is 301 g/mol. The fraction of sp³-hybridized carbons (Fsp3) is 0.500. The van der Waals surface area contributed by atoms with Gasteiger partial charge in [-0.25, -0.2) is 0 Å². The first-order valence-corrected chi connectivity index (χ1v) is 8.33. The van der Waals surface area contributed by atoms with Gasteiger partial charge >= 0.3 is 0 Å². The van der Waals surface area contributed by atoms with Gasteiger partial charge in [0, 0.05) is 35.8 Å². The van der Waals surface area contributed by atoms with Crippen molar-refractivity contribution < 1.29 is 4.79 Å². The Morgan fingerprint density at radius 1 is 1.18 bits per heavy atom. The van der Waals surface area contributed by atoms with E-state index in [0.29, 0.717) is 6.42 Å². The lowest BCUT2D eigenvalue weighted by Gasteiger charge is -2.07. The molecule has 0 spiro atoms. The van der Waals surface area contributed by atoms with Crippen LogP contribution in [-0.2, 0) is 11.3 Å².